The molecule has 1 rings (SSSR count). The van der Waals surface area contributed by atoms with E-state index in [2.05, 4.69) is 4.98 Å². The van der Waals surface area contributed by atoms with Crippen LogP contribution in [0.1, 0.15) is 32.4 Å². The van der Waals surface area contributed by atoms with Crippen molar-refractivity contribution in [2.75, 3.05) is 6.61 Å². The lowest BCUT2D eigenvalue weighted by molar-refractivity contribution is -0.176. The fraction of sp³-hybridized carbons (Fsp3) is 0.583. The molecule has 1 heterocycles. The number of aromatic nitrogens is 1. The molecule has 0 amide bonds. The van der Waals surface area contributed by atoms with Crippen LogP contribution in [0.2, 0.25) is 0 Å². The maximum Gasteiger partial charge on any atom is 0.159 e. The summed E-state index contributed by atoms with van der Waals surface area (Å²) in [6.45, 7) is 3.88. The van der Waals surface area contributed by atoms with E-state index >= 15 is 0 Å². The van der Waals surface area contributed by atoms with Gasteiger partial charge in [0.05, 0.1) is 0 Å². The Bertz CT molecular complexity index is 267. The number of pyridine rings is 1. The summed E-state index contributed by atoms with van der Waals surface area (Å²) >= 11 is 0. The molecule has 0 radical (unpaired) electrons. The summed E-state index contributed by atoms with van der Waals surface area (Å²) in [5.41, 5.74) is 1.11. The first-order chi connectivity index (χ1) is 7.08. The molecule has 0 spiro atoms. The minimum atomic E-state index is -1.01. The minimum Gasteiger partial charge on any atom is -0.366 e. The van der Waals surface area contributed by atoms with Crippen molar-refractivity contribution in [3.05, 3.63) is 30.1 Å². The molecule has 0 fully saturated rings. The molecule has 0 aliphatic carbocycles. The van der Waals surface area contributed by atoms with Crippen LogP contribution in [-0.2, 0) is 11.2 Å². The Morgan fingerprint density at radius 3 is 2.73 bits per heavy atom. The number of nitrogens with zero attached hydrogens (tertiary/aromatic N) is 1. The first-order valence-electron chi connectivity index (χ1n) is 5.34. The number of unbranched alkanes of at least 4 members (excludes halogenated alkanes) is 1. The van der Waals surface area contributed by atoms with E-state index in [1.807, 2.05) is 24.4 Å². The number of ether oxygens (including phenoxy) is 1. The maximum absolute atomic E-state index is 9.30. The molecule has 0 aliphatic heterocycles. The molecule has 0 saturated heterocycles. The topological polar surface area (TPSA) is 42.4 Å². The molecule has 1 aromatic rings. The van der Waals surface area contributed by atoms with Crippen molar-refractivity contribution < 1.29 is 9.84 Å². The van der Waals surface area contributed by atoms with E-state index < -0.39 is 5.79 Å². The fourth-order valence-corrected chi connectivity index (χ4v) is 1.28. The summed E-state index contributed by atoms with van der Waals surface area (Å²) in [4.78, 5) is 4.23. The van der Waals surface area contributed by atoms with Gasteiger partial charge in [-0.2, -0.15) is 0 Å². The first kappa shape index (κ1) is 12.1. The second-order valence-corrected chi connectivity index (χ2v) is 4.07. The quantitative estimate of drug-likeness (QED) is 0.576. The van der Waals surface area contributed by atoms with Gasteiger partial charge in [0.15, 0.2) is 5.79 Å². The van der Waals surface area contributed by atoms with Gasteiger partial charge >= 0.3 is 0 Å². The van der Waals surface area contributed by atoms with Crippen molar-refractivity contribution in [3.63, 3.8) is 0 Å². The van der Waals surface area contributed by atoms with Crippen molar-refractivity contribution in [1.29, 1.82) is 0 Å². The van der Waals surface area contributed by atoms with E-state index in [0.29, 0.717) is 6.61 Å². The third kappa shape index (κ3) is 6.20. The zero-order chi connectivity index (χ0) is 11.1. The monoisotopic (exact) mass is 209 g/mol. The van der Waals surface area contributed by atoms with E-state index in [4.69, 9.17) is 4.74 Å². The zero-order valence-electron chi connectivity index (χ0n) is 9.44. The zero-order valence-corrected chi connectivity index (χ0v) is 9.44. The predicted molar refractivity (Wildman–Crippen MR) is 59.4 cm³/mol. The van der Waals surface area contributed by atoms with Crippen molar-refractivity contribution in [2.45, 2.75) is 38.9 Å². The second kappa shape index (κ2) is 5.83. The van der Waals surface area contributed by atoms with Crippen LogP contribution in [-0.4, -0.2) is 22.5 Å². The molecule has 3 nitrogen and oxygen atoms in total. The molecule has 0 atom stereocenters. The van der Waals surface area contributed by atoms with Crippen LogP contribution in [0.15, 0.2) is 24.4 Å². The first-order valence-corrected chi connectivity index (χ1v) is 5.34. The molecule has 1 aromatic heterocycles. The van der Waals surface area contributed by atoms with Gasteiger partial charge in [0, 0.05) is 18.5 Å². The second-order valence-electron chi connectivity index (χ2n) is 4.07. The fourth-order valence-electron chi connectivity index (χ4n) is 1.28. The van der Waals surface area contributed by atoms with Gasteiger partial charge in [-0.3, -0.25) is 4.98 Å². The molecule has 0 saturated carbocycles. The number of hydrogen-bond acceptors (Lipinski definition) is 3. The number of aliphatic hydroxyl groups is 1. The summed E-state index contributed by atoms with van der Waals surface area (Å²) in [7, 11) is 0. The Kier molecular flexibility index (Phi) is 4.72. The molecule has 0 aliphatic rings. The van der Waals surface area contributed by atoms with Crippen molar-refractivity contribution in [1.82, 2.24) is 4.98 Å². The van der Waals surface area contributed by atoms with Crippen LogP contribution in [0.4, 0.5) is 0 Å². The normalized spacial score (nSPS) is 11.7. The average molecular weight is 209 g/mol. The largest absolute Gasteiger partial charge is 0.366 e. The van der Waals surface area contributed by atoms with Crippen LogP contribution in [0.5, 0.6) is 0 Å². The van der Waals surface area contributed by atoms with Gasteiger partial charge in [-0.25, -0.2) is 0 Å². The van der Waals surface area contributed by atoms with E-state index in [1.54, 1.807) is 13.8 Å². The van der Waals surface area contributed by atoms with E-state index in [-0.39, 0.29) is 0 Å². The third-order valence-corrected chi connectivity index (χ3v) is 2.01. The molecule has 15 heavy (non-hydrogen) atoms. The summed E-state index contributed by atoms with van der Waals surface area (Å²) < 4.78 is 5.20. The smallest absolute Gasteiger partial charge is 0.159 e. The van der Waals surface area contributed by atoms with Crippen LogP contribution >= 0.6 is 0 Å². The lowest BCUT2D eigenvalue weighted by Crippen LogP contribution is -2.23. The molecule has 1 N–H and O–H groups in total. The van der Waals surface area contributed by atoms with E-state index in [0.717, 1.165) is 25.0 Å². The van der Waals surface area contributed by atoms with Gasteiger partial charge in [0.2, 0.25) is 0 Å². The highest BCUT2D eigenvalue weighted by Crippen LogP contribution is 2.06. The third-order valence-electron chi connectivity index (χ3n) is 2.01. The van der Waals surface area contributed by atoms with Gasteiger partial charge in [-0.05, 0) is 45.2 Å². The predicted octanol–water partition coefficient (Wildman–Crippen LogP) is 2.15. The van der Waals surface area contributed by atoms with Crippen molar-refractivity contribution in [2.24, 2.45) is 0 Å². The Morgan fingerprint density at radius 1 is 1.33 bits per heavy atom. The number of aryl methyl sites for hydroxylation is 1. The number of rotatable bonds is 6. The van der Waals surface area contributed by atoms with Crippen LogP contribution in [0.25, 0.3) is 0 Å². The van der Waals surface area contributed by atoms with E-state index in [9.17, 15) is 5.11 Å². The standard InChI is InChI=1S/C12H19NO2/c1-12(2,14)15-10-6-4-8-11-7-3-5-9-13-11/h3,5,7,9,14H,4,6,8,10H2,1-2H3. The SMILES string of the molecule is CC(C)(O)OCCCCc1ccccn1. The lowest BCUT2D eigenvalue weighted by Gasteiger charge is -2.17. The highest BCUT2D eigenvalue weighted by Gasteiger charge is 2.10. The summed E-state index contributed by atoms with van der Waals surface area (Å²) in [5, 5.41) is 9.30. The van der Waals surface area contributed by atoms with E-state index in [1.165, 1.54) is 0 Å². The lowest BCUT2D eigenvalue weighted by atomic mass is 10.2. The van der Waals surface area contributed by atoms with Gasteiger partial charge in [-0.15, -0.1) is 0 Å². The van der Waals surface area contributed by atoms with Crippen LogP contribution in [0.3, 0.4) is 0 Å². The maximum atomic E-state index is 9.30. The highest BCUT2D eigenvalue weighted by molar-refractivity contribution is 5.03. The Hall–Kier alpha value is -0.930. The van der Waals surface area contributed by atoms with Crippen molar-refractivity contribution in [3.8, 4) is 0 Å². The molecule has 0 aromatic carbocycles. The molecule has 3 heteroatoms. The number of hydrogen-bond donors (Lipinski definition) is 1. The van der Waals surface area contributed by atoms with Gasteiger partial charge < -0.3 is 9.84 Å². The minimum absolute atomic E-state index is 0.594. The van der Waals surface area contributed by atoms with Crippen molar-refractivity contribution >= 4 is 0 Å². The Morgan fingerprint density at radius 2 is 2.13 bits per heavy atom. The average Bonchev–Trinajstić information content (AvgIpc) is 2.17. The molecule has 84 valence electrons. The molecule has 0 bridgehead atoms. The molecular formula is C12H19NO2. The molecule has 0 unspecified atom stereocenters. The summed E-state index contributed by atoms with van der Waals surface area (Å²) in [6.07, 6.45) is 4.76. The van der Waals surface area contributed by atoms with Crippen LogP contribution < -0.4 is 0 Å². The Labute approximate surface area is 91.1 Å². The summed E-state index contributed by atoms with van der Waals surface area (Å²) in [6, 6.07) is 5.94. The Balaban J connectivity index is 2.08. The summed E-state index contributed by atoms with van der Waals surface area (Å²) in [5.74, 6) is -1.01. The van der Waals surface area contributed by atoms with Crippen LogP contribution in [0, 0.1) is 0 Å². The molecular weight excluding hydrogens is 190 g/mol. The highest BCUT2D eigenvalue weighted by atomic mass is 16.6. The van der Waals surface area contributed by atoms with Gasteiger partial charge in [0.1, 0.15) is 0 Å². The van der Waals surface area contributed by atoms with Gasteiger partial charge in [-0.1, -0.05) is 6.07 Å². The van der Waals surface area contributed by atoms with Gasteiger partial charge in [0.25, 0.3) is 0 Å².